The summed E-state index contributed by atoms with van der Waals surface area (Å²) < 4.78 is 2.54. The number of hydrogen-bond acceptors (Lipinski definition) is 0. The molecule has 0 heterocycles. The van der Waals surface area contributed by atoms with E-state index in [-0.39, 0.29) is 82.6 Å². The van der Waals surface area contributed by atoms with Gasteiger partial charge in [0.2, 0.25) is 0 Å². The minimum atomic E-state index is 0. The second-order valence-corrected chi connectivity index (χ2v) is 5.93. The standard InChI is InChI=1S/C14H6I2.2Pr/c15-13-7-11-5-9-3-1-2-4-10(9)6-12(11)8-14(13)16;;/h1-4,7-8H;;/q-2;;. The van der Waals surface area contributed by atoms with Gasteiger partial charge in [-0.2, -0.15) is 45.8 Å². The fraction of sp³-hybridized carbons (Fsp3) is 0. The molecule has 3 aromatic rings. The molecule has 0 saturated heterocycles. The number of rotatable bonds is 0. The smallest absolute Gasteiger partial charge is 0 e. The molecule has 0 aliphatic rings. The van der Waals surface area contributed by atoms with Crippen LogP contribution in [-0.4, -0.2) is 0 Å². The molecule has 0 amide bonds. The van der Waals surface area contributed by atoms with E-state index in [9.17, 15) is 0 Å². The van der Waals surface area contributed by atoms with Crippen LogP contribution in [0.4, 0.5) is 0 Å². The van der Waals surface area contributed by atoms with Crippen molar-refractivity contribution in [3.05, 3.63) is 55.7 Å². The van der Waals surface area contributed by atoms with Crippen LogP contribution in [0.3, 0.4) is 0 Å². The van der Waals surface area contributed by atoms with Crippen molar-refractivity contribution in [1.82, 2.24) is 0 Å². The van der Waals surface area contributed by atoms with Gasteiger partial charge in [0.25, 0.3) is 0 Å². The maximum Gasteiger partial charge on any atom is 0 e. The van der Waals surface area contributed by atoms with Gasteiger partial charge in [-0.1, -0.05) is 45.2 Å². The summed E-state index contributed by atoms with van der Waals surface area (Å²) in [7, 11) is 0. The molecule has 0 bridgehead atoms. The average Bonchev–Trinajstić information content (AvgIpc) is 2.28. The molecular formula is C14H6I2Pr2-2. The Labute approximate surface area is 200 Å². The maximum atomic E-state index is 3.44. The first-order valence-electron chi connectivity index (χ1n) is 4.86. The second kappa shape index (κ2) is 8.12. The predicted molar refractivity (Wildman–Crippen MR) is 84.6 cm³/mol. The first kappa shape index (κ1) is 18.4. The Bertz CT molecular complexity index is 636. The van der Waals surface area contributed by atoms with Crippen LogP contribution in [0.15, 0.2) is 36.4 Å². The van der Waals surface area contributed by atoms with Crippen molar-refractivity contribution in [2.75, 3.05) is 0 Å². The molecule has 3 rings (SSSR count). The van der Waals surface area contributed by atoms with Crippen molar-refractivity contribution in [2.45, 2.75) is 0 Å². The Morgan fingerprint density at radius 2 is 1.06 bits per heavy atom. The van der Waals surface area contributed by atoms with Gasteiger partial charge in [0, 0.05) is 82.6 Å². The van der Waals surface area contributed by atoms with Crippen molar-refractivity contribution < 1.29 is 82.6 Å². The Balaban J connectivity index is 0.000000810. The largest absolute Gasteiger partial charge is 0.199 e. The third-order valence-electron chi connectivity index (χ3n) is 2.53. The molecule has 18 heavy (non-hydrogen) atoms. The first-order valence-corrected chi connectivity index (χ1v) is 7.02. The van der Waals surface area contributed by atoms with Crippen LogP contribution in [0.25, 0.3) is 21.5 Å². The molecule has 0 aliphatic carbocycles. The van der Waals surface area contributed by atoms with E-state index in [1.54, 1.807) is 0 Å². The molecule has 0 fully saturated rings. The average molecular weight is 710 g/mol. The minimum Gasteiger partial charge on any atom is -0.199 e. The SMILES string of the molecule is Ic1cc2[c-]c3ccccc3[c-]c2cc1I.[Pr].[Pr]. The van der Waals surface area contributed by atoms with Gasteiger partial charge in [0.05, 0.1) is 0 Å². The third kappa shape index (κ3) is 3.97. The Hall–Kier alpha value is 2.37. The molecule has 0 spiro atoms. The third-order valence-corrected chi connectivity index (χ3v) is 5.34. The van der Waals surface area contributed by atoms with Crippen LogP contribution in [0, 0.1) is 102 Å². The number of benzene rings is 3. The van der Waals surface area contributed by atoms with Gasteiger partial charge in [-0.05, 0) is 7.14 Å². The Morgan fingerprint density at radius 3 is 1.44 bits per heavy atom. The molecule has 0 atom stereocenters. The van der Waals surface area contributed by atoms with Crippen molar-refractivity contribution >= 4 is 66.7 Å². The number of hydrogen-bond donors (Lipinski definition) is 0. The van der Waals surface area contributed by atoms with Crippen LogP contribution >= 0.6 is 45.2 Å². The predicted octanol–water partition coefficient (Wildman–Crippen LogP) is 4.80. The quantitative estimate of drug-likeness (QED) is 0.179. The van der Waals surface area contributed by atoms with Gasteiger partial charge in [0.1, 0.15) is 0 Å². The van der Waals surface area contributed by atoms with E-state index >= 15 is 0 Å². The molecular weight excluding hydrogens is 704 g/mol. The summed E-state index contributed by atoms with van der Waals surface area (Å²) in [6.07, 6.45) is 0. The Morgan fingerprint density at radius 1 is 0.667 bits per heavy atom. The zero-order chi connectivity index (χ0) is 11.1. The van der Waals surface area contributed by atoms with Crippen LogP contribution in [0.2, 0.25) is 0 Å². The fourth-order valence-corrected chi connectivity index (χ4v) is 2.68. The van der Waals surface area contributed by atoms with E-state index < -0.39 is 0 Å². The molecule has 0 aliphatic heterocycles. The van der Waals surface area contributed by atoms with Crippen molar-refractivity contribution in [3.8, 4) is 0 Å². The summed E-state index contributed by atoms with van der Waals surface area (Å²) in [6.45, 7) is 0. The van der Waals surface area contributed by atoms with Gasteiger partial charge < -0.3 is 0 Å². The summed E-state index contributed by atoms with van der Waals surface area (Å²) >= 11 is 4.71. The Kier molecular flexibility index (Phi) is 8.31. The summed E-state index contributed by atoms with van der Waals surface area (Å²) in [5.41, 5.74) is 0. The van der Waals surface area contributed by atoms with Gasteiger partial charge in [-0.25, -0.2) is 0 Å². The van der Waals surface area contributed by atoms with E-state index in [1.165, 1.54) is 7.14 Å². The van der Waals surface area contributed by atoms with E-state index in [1.807, 2.05) is 12.1 Å². The van der Waals surface area contributed by atoms with E-state index in [0.29, 0.717) is 0 Å². The molecule has 0 unspecified atom stereocenters. The number of halogens is 2. The van der Waals surface area contributed by atoms with Gasteiger partial charge >= 0.3 is 0 Å². The van der Waals surface area contributed by atoms with Crippen LogP contribution in [0.5, 0.6) is 0 Å². The van der Waals surface area contributed by atoms with E-state index in [0.717, 1.165) is 21.5 Å². The van der Waals surface area contributed by atoms with Crippen LogP contribution in [0.1, 0.15) is 0 Å². The summed E-state index contributed by atoms with van der Waals surface area (Å²) in [6, 6.07) is 19.4. The van der Waals surface area contributed by atoms with Crippen molar-refractivity contribution in [3.63, 3.8) is 0 Å². The summed E-state index contributed by atoms with van der Waals surface area (Å²) in [5.74, 6) is 0. The molecule has 0 nitrogen and oxygen atoms in total. The second-order valence-electron chi connectivity index (χ2n) is 3.61. The monoisotopic (exact) mass is 710 g/mol. The first-order chi connectivity index (χ1) is 7.74. The van der Waals surface area contributed by atoms with Crippen LogP contribution in [-0.2, 0) is 0 Å². The number of fused-ring (bicyclic) bond motifs is 2. The van der Waals surface area contributed by atoms with Crippen molar-refractivity contribution in [2.24, 2.45) is 0 Å². The zero-order valence-electron chi connectivity index (χ0n) is 9.37. The maximum absolute atomic E-state index is 3.44. The van der Waals surface area contributed by atoms with E-state index in [4.69, 9.17) is 0 Å². The van der Waals surface area contributed by atoms with Gasteiger partial charge in [-0.15, -0.1) is 24.3 Å². The molecule has 4 heteroatoms. The van der Waals surface area contributed by atoms with E-state index in [2.05, 4.69) is 81.6 Å². The molecule has 3 aromatic carbocycles. The topological polar surface area (TPSA) is 0 Å². The zero-order valence-corrected chi connectivity index (χ0v) is 21.1. The minimum absolute atomic E-state index is 0. The summed E-state index contributed by atoms with van der Waals surface area (Å²) in [5, 5.41) is 4.55. The molecule has 0 aromatic heterocycles. The molecule has 2 radical (unpaired) electrons. The van der Waals surface area contributed by atoms with Crippen LogP contribution < -0.4 is 0 Å². The van der Waals surface area contributed by atoms with Gasteiger partial charge in [-0.3, -0.25) is 0 Å². The molecule has 0 saturated carbocycles. The molecule has 0 N–H and O–H groups in total. The normalized spacial score (nSPS) is 9.89. The molecule has 84 valence electrons. The fourth-order valence-electron chi connectivity index (χ4n) is 1.74. The summed E-state index contributed by atoms with van der Waals surface area (Å²) in [4.78, 5) is 0. The van der Waals surface area contributed by atoms with Crippen molar-refractivity contribution in [1.29, 1.82) is 0 Å². The van der Waals surface area contributed by atoms with Gasteiger partial charge in [0.15, 0.2) is 0 Å².